The Morgan fingerprint density at radius 3 is 2.16 bits per heavy atom. The van der Waals surface area contributed by atoms with Crippen LogP contribution in [0.5, 0.6) is 5.75 Å². The molecule has 4 nitrogen and oxygen atoms in total. The highest BCUT2D eigenvalue weighted by atomic mass is 16.3. The molecule has 0 spiro atoms. The first-order valence-electron chi connectivity index (χ1n) is 10.4. The number of hydrogen-bond donors (Lipinski definition) is 1. The van der Waals surface area contributed by atoms with Gasteiger partial charge >= 0.3 is 0 Å². The molecule has 0 amide bonds. The maximum atomic E-state index is 12.2. The predicted octanol–water partition coefficient (Wildman–Crippen LogP) is 5.65. The molecular formula is C28H23NO3. The maximum Gasteiger partial charge on any atom is 0.163 e. The molecule has 158 valence electrons. The number of rotatable bonds is 8. The molecule has 32 heavy (non-hydrogen) atoms. The monoisotopic (exact) mass is 421 g/mol. The van der Waals surface area contributed by atoms with Crippen molar-refractivity contribution >= 4 is 34.6 Å². The van der Waals surface area contributed by atoms with Crippen LogP contribution in [-0.4, -0.2) is 21.2 Å². The highest BCUT2D eigenvalue weighted by Gasteiger charge is 2.05. The average molecular weight is 421 g/mol. The number of fused-ring (bicyclic) bond motifs is 1. The van der Waals surface area contributed by atoms with E-state index < -0.39 is 0 Å². The Morgan fingerprint density at radius 2 is 1.44 bits per heavy atom. The van der Waals surface area contributed by atoms with E-state index in [2.05, 4.69) is 35.0 Å². The fourth-order valence-corrected chi connectivity index (χ4v) is 3.48. The molecule has 3 aromatic carbocycles. The fourth-order valence-electron chi connectivity index (χ4n) is 3.48. The van der Waals surface area contributed by atoms with Crippen LogP contribution in [-0.2, 0) is 16.1 Å². The van der Waals surface area contributed by atoms with Crippen molar-refractivity contribution in [3.05, 3.63) is 114 Å². The number of phenolic OH excluding ortho intramolecular Hbond substituents is 1. The minimum absolute atomic E-state index is 0.166. The second-order valence-corrected chi connectivity index (χ2v) is 7.62. The van der Waals surface area contributed by atoms with Gasteiger partial charge in [0.05, 0.1) is 6.42 Å². The maximum absolute atomic E-state index is 12.2. The lowest BCUT2D eigenvalue weighted by molar-refractivity contribution is -0.121. The molecule has 0 saturated heterocycles. The Kier molecular flexibility index (Phi) is 6.42. The van der Waals surface area contributed by atoms with E-state index in [1.54, 1.807) is 36.4 Å². The molecule has 0 aliphatic heterocycles. The molecule has 0 unspecified atom stereocenters. The van der Waals surface area contributed by atoms with E-state index in [1.165, 1.54) is 17.7 Å². The van der Waals surface area contributed by atoms with Crippen molar-refractivity contribution in [2.45, 2.75) is 13.0 Å². The number of carbonyl (C=O) groups is 2. The van der Waals surface area contributed by atoms with Crippen molar-refractivity contribution in [2.24, 2.45) is 0 Å². The Balaban J connectivity index is 1.40. The van der Waals surface area contributed by atoms with Crippen molar-refractivity contribution in [1.82, 2.24) is 4.57 Å². The van der Waals surface area contributed by atoms with Gasteiger partial charge in [0.2, 0.25) is 0 Å². The first kappa shape index (κ1) is 21.1. The Bertz CT molecular complexity index is 1300. The van der Waals surface area contributed by atoms with Gasteiger partial charge in [0.1, 0.15) is 5.75 Å². The Hall–Kier alpha value is -4.18. The zero-order chi connectivity index (χ0) is 22.3. The number of nitrogens with zero attached hydrogens (tertiary/aromatic N) is 1. The highest BCUT2D eigenvalue weighted by Crippen LogP contribution is 2.20. The number of aromatic nitrogens is 1. The van der Waals surface area contributed by atoms with E-state index >= 15 is 0 Å². The van der Waals surface area contributed by atoms with Gasteiger partial charge in [0.15, 0.2) is 11.6 Å². The lowest BCUT2D eigenvalue weighted by Gasteiger charge is -2.06. The van der Waals surface area contributed by atoms with Crippen LogP contribution >= 0.6 is 0 Å². The van der Waals surface area contributed by atoms with Gasteiger partial charge in [-0.15, -0.1) is 0 Å². The number of hydrogen-bond acceptors (Lipinski definition) is 3. The zero-order valence-corrected chi connectivity index (χ0v) is 17.5. The molecule has 0 radical (unpaired) electrons. The van der Waals surface area contributed by atoms with E-state index in [4.69, 9.17) is 0 Å². The summed E-state index contributed by atoms with van der Waals surface area (Å²) in [6.07, 6.45) is 8.11. The fraction of sp³-hybridized carbons (Fsp3) is 0.0714. The van der Waals surface area contributed by atoms with E-state index in [0.29, 0.717) is 0 Å². The molecular weight excluding hydrogens is 398 g/mol. The minimum atomic E-state index is -0.264. The number of allylic oxidation sites excluding steroid dienone is 2. The molecule has 4 rings (SSSR count). The summed E-state index contributed by atoms with van der Waals surface area (Å²) in [4.78, 5) is 24.3. The van der Waals surface area contributed by atoms with Crippen LogP contribution in [0.15, 0.2) is 97.2 Å². The van der Waals surface area contributed by atoms with Crippen molar-refractivity contribution < 1.29 is 14.7 Å². The molecule has 0 aliphatic carbocycles. The first-order valence-corrected chi connectivity index (χ1v) is 10.4. The number of carbonyl (C=O) groups excluding carboxylic acids is 2. The quantitative estimate of drug-likeness (QED) is 0.295. The van der Waals surface area contributed by atoms with E-state index in [-0.39, 0.29) is 23.7 Å². The molecule has 0 fully saturated rings. The lowest BCUT2D eigenvalue weighted by atomic mass is 10.1. The molecule has 4 aromatic rings. The van der Waals surface area contributed by atoms with Crippen LogP contribution in [0.2, 0.25) is 0 Å². The van der Waals surface area contributed by atoms with Gasteiger partial charge in [0.25, 0.3) is 0 Å². The summed E-state index contributed by atoms with van der Waals surface area (Å²) in [5.74, 6) is -0.343. The van der Waals surface area contributed by atoms with Gasteiger partial charge in [0, 0.05) is 18.3 Å². The van der Waals surface area contributed by atoms with Gasteiger partial charge < -0.3 is 9.67 Å². The van der Waals surface area contributed by atoms with Crippen LogP contribution in [0.25, 0.3) is 23.1 Å². The summed E-state index contributed by atoms with van der Waals surface area (Å²) in [6, 6.07) is 24.9. The van der Waals surface area contributed by atoms with Gasteiger partial charge in [-0.3, -0.25) is 9.59 Å². The van der Waals surface area contributed by atoms with Crippen LogP contribution < -0.4 is 0 Å². The molecule has 0 aliphatic rings. The number of phenols is 1. The van der Waals surface area contributed by atoms with Crippen molar-refractivity contribution in [2.75, 3.05) is 0 Å². The third kappa shape index (κ3) is 5.49. The number of aromatic hydroxyl groups is 1. The Morgan fingerprint density at radius 1 is 0.781 bits per heavy atom. The van der Waals surface area contributed by atoms with Crippen LogP contribution in [0, 0.1) is 0 Å². The molecule has 1 heterocycles. The summed E-state index contributed by atoms with van der Waals surface area (Å²) >= 11 is 0. The summed E-state index contributed by atoms with van der Waals surface area (Å²) in [5, 5.41) is 10.4. The minimum Gasteiger partial charge on any atom is -0.508 e. The molecule has 1 aromatic heterocycles. The first-order chi connectivity index (χ1) is 15.6. The SMILES string of the molecule is O=C(C=Cc1ccc(O)cc1)CC(=O)C=Cc1ccc2ccn(Cc3ccccc3)c2c1. The van der Waals surface area contributed by atoms with Crippen molar-refractivity contribution in [1.29, 1.82) is 0 Å². The summed E-state index contributed by atoms with van der Waals surface area (Å²) in [6.45, 7) is 0.776. The van der Waals surface area contributed by atoms with Crippen LogP contribution in [0.1, 0.15) is 23.1 Å². The third-order valence-electron chi connectivity index (χ3n) is 5.16. The zero-order valence-electron chi connectivity index (χ0n) is 17.5. The van der Waals surface area contributed by atoms with Gasteiger partial charge in [-0.1, -0.05) is 66.7 Å². The van der Waals surface area contributed by atoms with Crippen molar-refractivity contribution in [3.8, 4) is 5.75 Å². The largest absolute Gasteiger partial charge is 0.508 e. The molecule has 4 heteroatoms. The Labute approximate surface area is 186 Å². The van der Waals surface area contributed by atoms with E-state index in [9.17, 15) is 14.7 Å². The molecule has 0 saturated carbocycles. The molecule has 0 atom stereocenters. The lowest BCUT2D eigenvalue weighted by Crippen LogP contribution is -2.01. The summed E-state index contributed by atoms with van der Waals surface area (Å²) < 4.78 is 2.18. The number of benzene rings is 3. The van der Waals surface area contributed by atoms with Gasteiger partial charge in [-0.2, -0.15) is 0 Å². The van der Waals surface area contributed by atoms with Crippen LogP contribution in [0.4, 0.5) is 0 Å². The van der Waals surface area contributed by atoms with Gasteiger partial charge in [-0.05, 0) is 58.5 Å². The molecule has 1 N–H and O–H groups in total. The van der Waals surface area contributed by atoms with Crippen molar-refractivity contribution in [3.63, 3.8) is 0 Å². The van der Waals surface area contributed by atoms with Gasteiger partial charge in [-0.25, -0.2) is 0 Å². The normalized spacial score (nSPS) is 11.5. The second kappa shape index (κ2) is 9.75. The molecule has 0 bridgehead atoms. The average Bonchev–Trinajstić information content (AvgIpc) is 3.20. The number of ketones is 2. The topological polar surface area (TPSA) is 59.3 Å². The third-order valence-corrected chi connectivity index (χ3v) is 5.16. The van der Waals surface area contributed by atoms with E-state index in [1.807, 2.05) is 30.3 Å². The highest BCUT2D eigenvalue weighted by molar-refractivity contribution is 6.11. The standard InChI is InChI=1S/C28H23NO3/c30-25-12-7-21(8-13-25)9-14-26(31)19-27(32)15-10-22-6-11-24-16-17-29(28(24)18-22)20-23-4-2-1-3-5-23/h1-18,30H,19-20H2. The summed E-state index contributed by atoms with van der Waals surface area (Å²) in [7, 11) is 0. The summed E-state index contributed by atoms with van der Waals surface area (Å²) in [5.41, 5.74) is 4.01. The second-order valence-electron chi connectivity index (χ2n) is 7.62. The van der Waals surface area contributed by atoms with Crippen LogP contribution in [0.3, 0.4) is 0 Å². The predicted molar refractivity (Wildman–Crippen MR) is 128 cm³/mol. The smallest absolute Gasteiger partial charge is 0.163 e. The van der Waals surface area contributed by atoms with E-state index in [0.717, 1.165) is 28.6 Å².